The lowest BCUT2D eigenvalue weighted by Gasteiger charge is -2.13. The van der Waals surface area contributed by atoms with E-state index in [2.05, 4.69) is 39.6 Å². The summed E-state index contributed by atoms with van der Waals surface area (Å²) in [4.78, 5) is 21.5. The van der Waals surface area contributed by atoms with Gasteiger partial charge in [-0.15, -0.1) is 0 Å². The topological polar surface area (TPSA) is 108 Å². The molecule has 0 bridgehead atoms. The van der Waals surface area contributed by atoms with E-state index < -0.39 is 0 Å². The Morgan fingerprint density at radius 3 is 2.68 bits per heavy atom. The first-order chi connectivity index (χ1) is 18.1. The van der Waals surface area contributed by atoms with Crippen LogP contribution >= 0.6 is 0 Å². The Balaban J connectivity index is 1.29. The molecule has 0 unspecified atom stereocenters. The van der Waals surface area contributed by atoms with E-state index in [1.807, 2.05) is 41.1 Å². The zero-order valence-corrected chi connectivity index (χ0v) is 20.4. The summed E-state index contributed by atoms with van der Waals surface area (Å²) in [6, 6.07) is 23.7. The zero-order valence-electron chi connectivity index (χ0n) is 20.4. The molecule has 2 heterocycles. The molecule has 37 heavy (non-hydrogen) atoms. The molecule has 1 atom stereocenters. The van der Waals surface area contributed by atoms with Crippen LogP contribution in [0, 0.1) is 0 Å². The number of nitrogen functional groups attached to an aromatic ring is 1. The molecule has 1 aliphatic carbocycles. The molecular formula is C29H26N6O2. The molecule has 0 fully saturated rings. The average Bonchev–Trinajstić information content (AvgIpc) is 3.54. The molecule has 1 amide bonds. The number of carbonyl (C=O) groups excluding carboxylic acids is 1. The van der Waals surface area contributed by atoms with Crippen LogP contribution < -0.4 is 15.8 Å². The van der Waals surface area contributed by atoms with Crippen LogP contribution in [0.4, 0.5) is 5.82 Å². The minimum absolute atomic E-state index is 0.103. The maximum atomic E-state index is 12.7. The van der Waals surface area contributed by atoms with Crippen molar-refractivity contribution in [3.8, 4) is 17.0 Å². The number of rotatable bonds is 6. The first kappa shape index (κ1) is 22.7. The number of nitrogens with two attached hydrogens (primary N) is 1. The monoisotopic (exact) mass is 490 g/mol. The zero-order chi connectivity index (χ0) is 25.4. The van der Waals surface area contributed by atoms with Crippen molar-refractivity contribution in [2.75, 3.05) is 12.8 Å². The van der Waals surface area contributed by atoms with Gasteiger partial charge in [0.2, 0.25) is 0 Å². The van der Waals surface area contributed by atoms with Gasteiger partial charge in [0, 0.05) is 12.1 Å². The number of hydrogen-bond acceptors (Lipinski definition) is 6. The molecular weight excluding hydrogens is 464 g/mol. The molecule has 3 aromatic carbocycles. The predicted octanol–water partition coefficient (Wildman–Crippen LogP) is 4.55. The number of benzene rings is 3. The number of methoxy groups -OCH3 is 1. The quantitative estimate of drug-likeness (QED) is 0.362. The van der Waals surface area contributed by atoms with E-state index in [-0.39, 0.29) is 11.9 Å². The second-order valence-corrected chi connectivity index (χ2v) is 9.08. The lowest BCUT2D eigenvalue weighted by atomic mass is 10.1. The summed E-state index contributed by atoms with van der Waals surface area (Å²) in [6.45, 7) is 0.385. The second-order valence-electron chi connectivity index (χ2n) is 9.08. The van der Waals surface area contributed by atoms with Crippen molar-refractivity contribution in [3.05, 3.63) is 101 Å². The molecule has 0 saturated heterocycles. The van der Waals surface area contributed by atoms with Gasteiger partial charge in [0.05, 0.1) is 24.1 Å². The van der Waals surface area contributed by atoms with Gasteiger partial charge < -0.3 is 15.8 Å². The molecule has 8 nitrogen and oxygen atoms in total. The molecule has 0 aliphatic heterocycles. The summed E-state index contributed by atoms with van der Waals surface area (Å²) in [6.07, 6.45) is 3.46. The highest BCUT2D eigenvalue weighted by molar-refractivity contribution is 5.98. The highest BCUT2D eigenvalue weighted by Crippen LogP contribution is 2.38. The van der Waals surface area contributed by atoms with Crippen molar-refractivity contribution in [2.45, 2.75) is 25.4 Å². The van der Waals surface area contributed by atoms with Crippen molar-refractivity contribution >= 4 is 22.8 Å². The van der Waals surface area contributed by atoms with Crippen LogP contribution in [0.2, 0.25) is 0 Å². The van der Waals surface area contributed by atoms with Crippen molar-refractivity contribution in [3.63, 3.8) is 0 Å². The molecule has 6 rings (SSSR count). The molecule has 5 aromatic rings. The molecule has 184 valence electrons. The highest BCUT2D eigenvalue weighted by atomic mass is 16.5. The van der Waals surface area contributed by atoms with Gasteiger partial charge >= 0.3 is 0 Å². The van der Waals surface area contributed by atoms with E-state index in [4.69, 9.17) is 15.6 Å². The van der Waals surface area contributed by atoms with Crippen LogP contribution in [0.3, 0.4) is 0 Å². The van der Waals surface area contributed by atoms with Crippen LogP contribution in [0.5, 0.6) is 5.75 Å². The van der Waals surface area contributed by atoms with Gasteiger partial charge in [-0.1, -0.05) is 60.7 Å². The Morgan fingerprint density at radius 1 is 1.05 bits per heavy atom. The average molecular weight is 491 g/mol. The SMILES string of the molecule is COc1ccccc1C(=O)NCc1ccc(-c2nn([C@@H]3CCc4ccccc43)c3ncnc(N)c23)cc1. The van der Waals surface area contributed by atoms with Gasteiger partial charge in [-0.2, -0.15) is 5.10 Å². The van der Waals surface area contributed by atoms with Crippen LogP contribution in [0.25, 0.3) is 22.3 Å². The van der Waals surface area contributed by atoms with E-state index in [9.17, 15) is 4.79 Å². The van der Waals surface area contributed by atoms with Gasteiger partial charge in [-0.25, -0.2) is 14.6 Å². The van der Waals surface area contributed by atoms with Gasteiger partial charge in [0.15, 0.2) is 5.65 Å². The van der Waals surface area contributed by atoms with E-state index in [0.29, 0.717) is 23.7 Å². The number of nitrogens with one attached hydrogen (secondary N) is 1. The van der Waals surface area contributed by atoms with Gasteiger partial charge in [-0.05, 0) is 41.7 Å². The lowest BCUT2D eigenvalue weighted by molar-refractivity contribution is 0.0948. The molecule has 8 heteroatoms. The van der Waals surface area contributed by atoms with Crippen molar-refractivity contribution in [2.24, 2.45) is 0 Å². The summed E-state index contributed by atoms with van der Waals surface area (Å²) in [5, 5.41) is 8.73. The fourth-order valence-electron chi connectivity index (χ4n) is 5.09. The van der Waals surface area contributed by atoms with Gasteiger partial charge in [-0.3, -0.25) is 4.79 Å². The molecule has 1 aliphatic rings. The lowest BCUT2D eigenvalue weighted by Crippen LogP contribution is -2.23. The number of ether oxygens (including phenoxy) is 1. The van der Waals surface area contributed by atoms with Crippen LogP contribution in [-0.2, 0) is 13.0 Å². The smallest absolute Gasteiger partial charge is 0.255 e. The van der Waals surface area contributed by atoms with E-state index in [1.54, 1.807) is 19.2 Å². The predicted molar refractivity (Wildman–Crippen MR) is 142 cm³/mol. The summed E-state index contributed by atoms with van der Waals surface area (Å²) in [5.41, 5.74) is 12.8. The number of amides is 1. The van der Waals surface area contributed by atoms with Crippen molar-refractivity contribution in [1.82, 2.24) is 25.1 Å². The van der Waals surface area contributed by atoms with Crippen LogP contribution in [0.1, 0.15) is 39.5 Å². The Hall–Kier alpha value is -4.72. The maximum Gasteiger partial charge on any atom is 0.255 e. The third-order valence-electron chi connectivity index (χ3n) is 6.95. The van der Waals surface area contributed by atoms with Gasteiger partial charge in [0.25, 0.3) is 5.91 Å². The Labute approximate surface area is 214 Å². The number of fused-ring (bicyclic) bond motifs is 2. The van der Waals surface area contributed by atoms with Gasteiger partial charge in [0.1, 0.15) is 23.6 Å². The molecule has 2 aromatic heterocycles. The Bertz CT molecular complexity index is 1610. The summed E-state index contributed by atoms with van der Waals surface area (Å²) >= 11 is 0. The van der Waals surface area contributed by atoms with Crippen molar-refractivity contribution in [1.29, 1.82) is 0 Å². The number of anilines is 1. The second kappa shape index (κ2) is 9.39. The minimum atomic E-state index is -0.187. The number of aryl methyl sites for hydroxylation is 1. The van der Waals surface area contributed by atoms with Crippen molar-refractivity contribution < 1.29 is 9.53 Å². The minimum Gasteiger partial charge on any atom is -0.496 e. The Morgan fingerprint density at radius 2 is 1.84 bits per heavy atom. The van der Waals surface area contributed by atoms with E-state index in [0.717, 1.165) is 40.7 Å². The largest absolute Gasteiger partial charge is 0.496 e. The summed E-state index contributed by atoms with van der Waals surface area (Å²) in [7, 11) is 1.55. The maximum absolute atomic E-state index is 12.7. The van der Waals surface area contributed by atoms with E-state index in [1.165, 1.54) is 17.5 Å². The summed E-state index contributed by atoms with van der Waals surface area (Å²) in [5.74, 6) is 0.765. The first-order valence-electron chi connectivity index (χ1n) is 12.2. The molecule has 3 N–H and O–H groups in total. The highest BCUT2D eigenvalue weighted by Gasteiger charge is 2.28. The number of aromatic nitrogens is 4. The number of para-hydroxylation sites is 1. The summed E-state index contributed by atoms with van der Waals surface area (Å²) < 4.78 is 7.29. The molecule has 0 saturated carbocycles. The molecule has 0 radical (unpaired) electrons. The fraction of sp³-hybridized carbons (Fsp3) is 0.172. The first-order valence-corrected chi connectivity index (χ1v) is 12.2. The number of nitrogens with zero attached hydrogens (tertiary/aromatic N) is 4. The fourth-order valence-corrected chi connectivity index (χ4v) is 5.09. The third-order valence-corrected chi connectivity index (χ3v) is 6.95. The third kappa shape index (κ3) is 4.06. The number of carbonyl (C=O) groups is 1. The van der Waals surface area contributed by atoms with Crippen LogP contribution in [0.15, 0.2) is 79.1 Å². The Kier molecular flexibility index (Phi) is 5.76. The normalized spacial score (nSPS) is 14.5. The standard InChI is InChI=1S/C29H26N6O2/c1-37-24-9-5-4-8-22(24)29(36)31-16-18-10-12-20(13-11-18)26-25-27(30)32-17-33-28(25)35(34-26)23-15-14-19-6-2-3-7-21(19)23/h2-13,17,23H,14-16H2,1H3,(H,31,36)(H2,30,32,33)/t23-/m1/s1. The van der Waals surface area contributed by atoms with Crippen LogP contribution in [-0.4, -0.2) is 32.8 Å². The molecule has 0 spiro atoms. The number of hydrogen-bond donors (Lipinski definition) is 2. The van der Waals surface area contributed by atoms with E-state index >= 15 is 0 Å².